The molecule has 4 heteroatoms. The summed E-state index contributed by atoms with van der Waals surface area (Å²) in [4.78, 5) is 0. The van der Waals surface area contributed by atoms with Crippen LogP contribution in [-0.2, 0) is 6.54 Å². The molecule has 0 aliphatic heterocycles. The van der Waals surface area contributed by atoms with Crippen LogP contribution in [-0.4, -0.2) is 15.1 Å². The highest BCUT2D eigenvalue weighted by Crippen LogP contribution is 2.13. The van der Waals surface area contributed by atoms with Crippen LogP contribution in [0, 0.1) is 12.8 Å². The van der Waals surface area contributed by atoms with E-state index in [9.17, 15) is 0 Å². The normalized spacial score (nSPS) is 13.3. The van der Waals surface area contributed by atoms with E-state index >= 15 is 0 Å². The molecule has 68 valence electrons. The average Bonchev–Trinajstić information content (AvgIpc) is 2.31. The van der Waals surface area contributed by atoms with Gasteiger partial charge in [0.1, 0.15) is 0 Å². The summed E-state index contributed by atoms with van der Waals surface area (Å²) in [6, 6.07) is 0. The van der Waals surface area contributed by atoms with Gasteiger partial charge in [-0.3, -0.25) is 4.68 Å². The topological polar surface area (TPSA) is 17.8 Å². The second-order valence-electron chi connectivity index (χ2n) is 3.04. The van der Waals surface area contributed by atoms with Gasteiger partial charge in [0.2, 0.25) is 0 Å². The monoisotopic (exact) mass is 250 g/mol. The van der Waals surface area contributed by atoms with Gasteiger partial charge in [0.05, 0.1) is 10.7 Å². The molecule has 0 N–H and O–H groups in total. The van der Waals surface area contributed by atoms with Crippen LogP contribution < -0.4 is 0 Å². The predicted molar refractivity (Wildman–Crippen MR) is 54.9 cm³/mol. The number of rotatable bonds is 3. The Balaban J connectivity index is 2.64. The zero-order valence-corrected chi connectivity index (χ0v) is 9.56. The van der Waals surface area contributed by atoms with Crippen molar-refractivity contribution in [1.29, 1.82) is 0 Å². The first-order valence-electron chi connectivity index (χ1n) is 3.89. The first-order valence-corrected chi connectivity index (χ1v) is 5.39. The summed E-state index contributed by atoms with van der Waals surface area (Å²) in [6.07, 6.45) is 1.87. The van der Waals surface area contributed by atoms with Crippen molar-refractivity contribution in [2.45, 2.75) is 20.4 Å². The van der Waals surface area contributed by atoms with Crippen LogP contribution in [0.1, 0.15) is 12.6 Å². The number of halogens is 2. The van der Waals surface area contributed by atoms with Gasteiger partial charge in [-0.2, -0.15) is 5.10 Å². The minimum absolute atomic E-state index is 0.584. The van der Waals surface area contributed by atoms with Crippen LogP contribution in [0.15, 0.2) is 6.20 Å². The summed E-state index contributed by atoms with van der Waals surface area (Å²) in [5, 5.41) is 6.00. The van der Waals surface area contributed by atoms with Gasteiger partial charge in [-0.15, -0.1) is 0 Å². The van der Waals surface area contributed by atoms with Crippen molar-refractivity contribution < 1.29 is 0 Å². The van der Waals surface area contributed by atoms with Gasteiger partial charge in [-0.1, -0.05) is 34.5 Å². The number of hydrogen-bond donors (Lipinski definition) is 0. The third kappa shape index (κ3) is 2.49. The zero-order valence-electron chi connectivity index (χ0n) is 7.22. The highest BCUT2D eigenvalue weighted by Gasteiger charge is 2.04. The van der Waals surface area contributed by atoms with Crippen molar-refractivity contribution in [3.8, 4) is 0 Å². The molecule has 1 aromatic heterocycles. The zero-order chi connectivity index (χ0) is 9.14. The Labute approximate surface area is 86.0 Å². The number of nitrogens with zero attached hydrogens (tertiary/aromatic N) is 2. The van der Waals surface area contributed by atoms with Crippen molar-refractivity contribution >= 4 is 27.5 Å². The van der Waals surface area contributed by atoms with Gasteiger partial charge in [-0.25, -0.2) is 0 Å². The molecule has 1 atom stereocenters. The van der Waals surface area contributed by atoms with E-state index < -0.39 is 0 Å². The molecule has 2 nitrogen and oxygen atoms in total. The number of aryl methyl sites for hydroxylation is 1. The average molecular weight is 252 g/mol. The molecule has 0 aliphatic carbocycles. The summed E-state index contributed by atoms with van der Waals surface area (Å²) in [7, 11) is 0. The highest BCUT2D eigenvalue weighted by atomic mass is 79.9. The lowest BCUT2D eigenvalue weighted by molar-refractivity contribution is 0.489. The SMILES string of the molecule is Cc1nn(CC(C)CBr)cc1Cl. The fraction of sp³-hybridized carbons (Fsp3) is 0.625. The van der Waals surface area contributed by atoms with Crippen LogP contribution in [0.4, 0.5) is 0 Å². The molecule has 0 radical (unpaired) electrons. The molecule has 1 rings (SSSR count). The van der Waals surface area contributed by atoms with E-state index in [-0.39, 0.29) is 0 Å². The molecular formula is C8H12BrClN2. The van der Waals surface area contributed by atoms with Gasteiger partial charge >= 0.3 is 0 Å². The van der Waals surface area contributed by atoms with E-state index in [2.05, 4.69) is 28.0 Å². The Kier molecular flexibility index (Phi) is 3.59. The summed E-state index contributed by atoms with van der Waals surface area (Å²) in [5.74, 6) is 0.584. The van der Waals surface area contributed by atoms with Crippen molar-refractivity contribution in [3.05, 3.63) is 16.9 Å². The maximum absolute atomic E-state index is 5.86. The lowest BCUT2D eigenvalue weighted by Crippen LogP contribution is -2.08. The molecule has 0 bridgehead atoms. The molecule has 0 saturated heterocycles. The standard InChI is InChI=1S/C8H12BrClN2/c1-6(3-9)4-12-5-8(10)7(2)11-12/h5-6H,3-4H2,1-2H3. The van der Waals surface area contributed by atoms with Crippen LogP contribution in [0.5, 0.6) is 0 Å². The van der Waals surface area contributed by atoms with Crippen LogP contribution in [0.25, 0.3) is 0 Å². The van der Waals surface area contributed by atoms with Gasteiger partial charge < -0.3 is 0 Å². The van der Waals surface area contributed by atoms with Crippen molar-refractivity contribution in [2.75, 3.05) is 5.33 Å². The Bertz CT molecular complexity index is 240. The second kappa shape index (κ2) is 4.28. The molecule has 0 spiro atoms. The summed E-state index contributed by atoms with van der Waals surface area (Å²) < 4.78 is 1.89. The second-order valence-corrected chi connectivity index (χ2v) is 4.10. The Morgan fingerprint density at radius 1 is 1.75 bits per heavy atom. The molecule has 0 aliphatic rings. The van der Waals surface area contributed by atoms with Crippen LogP contribution >= 0.6 is 27.5 Å². The van der Waals surface area contributed by atoms with E-state index in [0.29, 0.717) is 5.92 Å². The minimum atomic E-state index is 0.584. The quantitative estimate of drug-likeness (QED) is 0.756. The van der Waals surface area contributed by atoms with E-state index in [0.717, 1.165) is 22.6 Å². The van der Waals surface area contributed by atoms with Crippen LogP contribution in [0.2, 0.25) is 5.02 Å². The van der Waals surface area contributed by atoms with E-state index in [1.165, 1.54) is 0 Å². The summed E-state index contributed by atoms with van der Waals surface area (Å²) in [5.41, 5.74) is 0.901. The molecule has 12 heavy (non-hydrogen) atoms. The van der Waals surface area contributed by atoms with Crippen molar-refractivity contribution in [1.82, 2.24) is 9.78 Å². The molecule has 1 unspecified atom stereocenters. The molecule has 0 saturated carbocycles. The van der Waals surface area contributed by atoms with Gasteiger partial charge in [0.15, 0.2) is 0 Å². The Hall–Kier alpha value is -0.0200. The van der Waals surface area contributed by atoms with Crippen molar-refractivity contribution in [2.24, 2.45) is 5.92 Å². The maximum Gasteiger partial charge on any atom is 0.0814 e. The molecule has 1 heterocycles. The molecule has 0 amide bonds. The smallest absolute Gasteiger partial charge is 0.0814 e. The summed E-state index contributed by atoms with van der Waals surface area (Å²) in [6.45, 7) is 5.00. The number of hydrogen-bond acceptors (Lipinski definition) is 1. The molecule has 0 fully saturated rings. The van der Waals surface area contributed by atoms with Crippen LogP contribution in [0.3, 0.4) is 0 Å². The van der Waals surface area contributed by atoms with Gasteiger partial charge in [0, 0.05) is 18.1 Å². The number of alkyl halides is 1. The first-order chi connectivity index (χ1) is 5.63. The lowest BCUT2D eigenvalue weighted by Gasteiger charge is -2.06. The largest absolute Gasteiger partial charge is 0.271 e. The fourth-order valence-electron chi connectivity index (χ4n) is 0.955. The maximum atomic E-state index is 5.86. The minimum Gasteiger partial charge on any atom is -0.271 e. The fourth-order valence-corrected chi connectivity index (χ4v) is 1.31. The molecule has 1 aromatic rings. The Morgan fingerprint density at radius 3 is 2.83 bits per heavy atom. The molecule has 0 aromatic carbocycles. The highest BCUT2D eigenvalue weighted by molar-refractivity contribution is 9.09. The lowest BCUT2D eigenvalue weighted by atomic mass is 10.2. The summed E-state index contributed by atoms with van der Waals surface area (Å²) >= 11 is 9.28. The van der Waals surface area contributed by atoms with E-state index in [1.807, 2.05) is 17.8 Å². The first kappa shape index (κ1) is 10.1. The van der Waals surface area contributed by atoms with Gasteiger partial charge in [0.25, 0.3) is 0 Å². The van der Waals surface area contributed by atoms with Gasteiger partial charge in [-0.05, 0) is 12.8 Å². The van der Waals surface area contributed by atoms with Crippen molar-refractivity contribution in [3.63, 3.8) is 0 Å². The third-order valence-electron chi connectivity index (χ3n) is 1.65. The predicted octanol–water partition coefficient (Wildman–Crippen LogP) is 2.88. The molecular weight excluding hydrogens is 239 g/mol. The Morgan fingerprint density at radius 2 is 2.42 bits per heavy atom. The van der Waals surface area contributed by atoms with E-state index in [1.54, 1.807) is 0 Å². The third-order valence-corrected chi connectivity index (χ3v) is 3.12. The number of aromatic nitrogens is 2. The van der Waals surface area contributed by atoms with E-state index in [4.69, 9.17) is 11.6 Å².